The predicted octanol–water partition coefficient (Wildman–Crippen LogP) is 0.178. The average molecular weight is 324 g/mol. The van der Waals surface area contributed by atoms with Gasteiger partial charge in [-0.15, -0.1) is 0 Å². The van der Waals surface area contributed by atoms with Crippen LogP contribution in [-0.4, -0.2) is 72.1 Å². The van der Waals surface area contributed by atoms with E-state index in [-0.39, 0.29) is 24.3 Å². The topological polar surface area (TPSA) is 76.2 Å². The van der Waals surface area contributed by atoms with E-state index in [0.29, 0.717) is 32.5 Å². The third-order valence-corrected chi connectivity index (χ3v) is 5.39. The molecule has 3 aliphatic rings. The number of amides is 2. The predicted molar refractivity (Wildman–Crippen MR) is 80.4 cm³/mol. The molecule has 3 rings (SSSR count). The lowest BCUT2D eigenvalue weighted by Gasteiger charge is -2.56. The van der Waals surface area contributed by atoms with Gasteiger partial charge in [0, 0.05) is 25.5 Å². The molecule has 0 aromatic rings. The van der Waals surface area contributed by atoms with Crippen molar-refractivity contribution in [3.8, 4) is 0 Å². The molecule has 23 heavy (non-hydrogen) atoms. The molecule has 1 spiro atoms. The molecular formula is C16H24N2O5. The number of ether oxygens (including phenoxy) is 2. The molecule has 0 N–H and O–H groups in total. The Morgan fingerprint density at radius 1 is 1.30 bits per heavy atom. The van der Waals surface area contributed by atoms with Gasteiger partial charge in [0.2, 0.25) is 5.91 Å². The van der Waals surface area contributed by atoms with Crippen molar-refractivity contribution in [2.75, 3.05) is 33.4 Å². The normalized spacial score (nSPS) is 33.5. The molecular weight excluding hydrogens is 300 g/mol. The van der Waals surface area contributed by atoms with Crippen LogP contribution in [0.3, 0.4) is 0 Å². The summed E-state index contributed by atoms with van der Waals surface area (Å²) in [6.07, 6.45) is 1.93. The summed E-state index contributed by atoms with van der Waals surface area (Å²) in [7, 11) is 1.33. The van der Waals surface area contributed by atoms with Crippen molar-refractivity contribution in [1.29, 1.82) is 0 Å². The Morgan fingerprint density at radius 3 is 2.57 bits per heavy atom. The number of esters is 1. The molecule has 3 fully saturated rings. The van der Waals surface area contributed by atoms with E-state index in [9.17, 15) is 14.4 Å². The fraction of sp³-hybridized carbons (Fsp3) is 0.812. The van der Waals surface area contributed by atoms with Crippen molar-refractivity contribution < 1.29 is 23.9 Å². The molecule has 0 saturated carbocycles. The van der Waals surface area contributed by atoms with Gasteiger partial charge < -0.3 is 19.3 Å². The SMILES string of the molecule is COC(=O)C1(N2C[C@]3(CCCN3C(=O)C(C)C)C2=O)CCOC1. The maximum absolute atomic E-state index is 13.0. The van der Waals surface area contributed by atoms with E-state index < -0.39 is 17.0 Å². The van der Waals surface area contributed by atoms with Gasteiger partial charge in [-0.1, -0.05) is 13.8 Å². The number of β-lactam (4-membered cyclic amide) rings is 1. The number of likely N-dealkylation sites (tertiary alicyclic amines) is 2. The minimum atomic E-state index is -1.02. The molecule has 3 saturated heterocycles. The van der Waals surface area contributed by atoms with Gasteiger partial charge in [0.15, 0.2) is 5.54 Å². The lowest BCUT2D eigenvalue weighted by Crippen LogP contribution is -2.79. The van der Waals surface area contributed by atoms with E-state index >= 15 is 0 Å². The Labute approximate surface area is 135 Å². The quantitative estimate of drug-likeness (QED) is 0.547. The fourth-order valence-electron chi connectivity index (χ4n) is 4.03. The molecule has 0 radical (unpaired) electrons. The summed E-state index contributed by atoms with van der Waals surface area (Å²) in [4.78, 5) is 41.0. The number of methoxy groups -OCH3 is 1. The smallest absolute Gasteiger partial charge is 0.334 e. The summed E-state index contributed by atoms with van der Waals surface area (Å²) in [5, 5.41) is 0. The summed E-state index contributed by atoms with van der Waals surface area (Å²) >= 11 is 0. The van der Waals surface area contributed by atoms with Gasteiger partial charge in [-0.05, 0) is 12.8 Å². The van der Waals surface area contributed by atoms with E-state index in [4.69, 9.17) is 9.47 Å². The Kier molecular flexibility index (Phi) is 3.86. The molecule has 3 aliphatic heterocycles. The maximum Gasteiger partial charge on any atom is 0.334 e. The van der Waals surface area contributed by atoms with Crippen molar-refractivity contribution in [3.05, 3.63) is 0 Å². The van der Waals surface area contributed by atoms with Crippen LogP contribution >= 0.6 is 0 Å². The number of hydrogen-bond donors (Lipinski definition) is 0. The summed E-state index contributed by atoms with van der Waals surface area (Å²) < 4.78 is 10.3. The van der Waals surface area contributed by atoms with E-state index in [1.807, 2.05) is 13.8 Å². The molecule has 0 aromatic carbocycles. The minimum absolute atomic E-state index is 0.00490. The van der Waals surface area contributed by atoms with Crippen LogP contribution in [0.2, 0.25) is 0 Å². The second kappa shape index (κ2) is 5.47. The van der Waals surface area contributed by atoms with Crippen molar-refractivity contribution in [3.63, 3.8) is 0 Å². The number of carbonyl (C=O) groups is 3. The van der Waals surface area contributed by atoms with E-state index in [2.05, 4.69) is 0 Å². The second-order valence-corrected chi connectivity index (χ2v) is 7.00. The summed E-state index contributed by atoms with van der Waals surface area (Å²) in [6, 6.07) is 0. The van der Waals surface area contributed by atoms with Crippen LogP contribution in [-0.2, 0) is 23.9 Å². The summed E-state index contributed by atoms with van der Waals surface area (Å²) in [5.74, 6) is -0.709. The minimum Gasteiger partial charge on any atom is -0.467 e. The molecule has 0 bridgehead atoms. The van der Waals surface area contributed by atoms with Gasteiger partial charge in [-0.25, -0.2) is 4.79 Å². The van der Waals surface area contributed by atoms with Crippen LogP contribution < -0.4 is 0 Å². The van der Waals surface area contributed by atoms with E-state index in [1.165, 1.54) is 7.11 Å². The third-order valence-electron chi connectivity index (χ3n) is 5.39. The molecule has 7 nitrogen and oxygen atoms in total. The molecule has 0 aliphatic carbocycles. The molecule has 3 heterocycles. The first kappa shape index (κ1) is 16.2. The second-order valence-electron chi connectivity index (χ2n) is 7.00. The van der Waals surface area contributed by atoms with Crippen LogP contribution in [0.15, 0.2) is 0 Å². The average Bonchev–Trinajstić information content (AvgIpc) is 3.19. The van der Waals surface area contributed by atoms with E-state index in [0.717, 1.165) is 6.42 Å². The first-order valence-corrected chi connectivity index (χ1v) is 8.19. The Bertz CT molecular complexity index is 541. The fourth-order valence-corrected chi connectivity index (χ4v) is 4.03. The summed E-state index contributed by atoms with van der Waals surface area (Å²) in [6.45, 7) is 5.28. The highest BCUT2D eigenvalue weighted by Gasteiger charge is 2.66. The Morgan fingerprint density at radius 2 is 2.04 bits per heavy atom. The Hall–Kier alpha value is -1.63. The lowest BCUT2D eigenvalue weighted by molar-refractivity contribution is -0.187. The zero-order valence-corrected chi connectivity index (χ0v) is 14.0. The first-order chi connectivity index (χ1) is 10.9. The highest BCUT2D eigenvalue weighted by atomic mass is 16.5. The van der Waals surface area contributed by atoms with Crippen molar-refractivity contribution in [2.24, 2.45) is 5.92 Å². The monoisotopic (exact) mass is 324 g/mol. The van der Waals surface area contributed by atoms with Gasteiger partial charge in [0.05, 0.1) is 20.3 Å². The zero-order chi connectivity index (χ0) is 16.8. The highest BCUT2D eigenvalue weighted by molar-refractivity contribution is 6.01. The molecule has 0 aromatic heterocycles. The molecule has 2 atom stereocenters. The number of rotatable bonds is 3. The number of carbonyl (C=O) groups excluding carboxylic acids is 3. The number of nitrogens with zero attached hydrogens (tertiary/aromatic N) is 2. The largest absolute Gasteiger partial charge is 0.467 e. The van der Waals surface area contributed by atoms with Crippen LogP contribution in [0.4, 0.5) is 0 Å². The van der Waals surface area contributed by atoms with E-state index in [1.54, 1.807) is 9.80 Å². The third kappa shape index (κ3) is 2.09. The highest BCUT2D eigenvalue weighted by Crippen LogP contribution is 2.45. The van der Waals surface area contributed by atoms with Crippen molar-refractivity contribution >= 4 is 17.8 Å². The van der Waals surface area contributed by atoms with Crippen LogP contribution in [0, 0.1) is 5.92 Å². The van der Waals surface area contributed by atoms with Gasteiger partial charge in [0.25, 0.3) is 5.91 Å². The number of hydrogen-bond acceptors (Lipinski definition) is 5. The molecule has 1 unspecified atom stereocenters. The maximum atomic E-state index is 13.0. The Balaban J connectivity index is 1.84. The van der Waals surface area contributed by atoms with Crippen molar-refractivity contribution in [2.45, 2.75) is 44.2 Å². The molecule has 2 amide bonds. The first-order valence-electron chi connectivity index (χ1n) is 8.19. The van der Waals surface area contributed by atoms with Crippen molar-refractivity contribution in [1.82, 2.24) is 9.80 Å². The van der Waals surface area contributed by atoms with Crippen LogP contribution in [0.25, 0.3) is 0 Å². The van der Waals surface area contributed by atoms with Crippen LogP contribution in [0.1, 0.15) is 33.1 Å². The van der Waals surface area contributed by atoms with Gasteiger partial charge >= 0.3 is 5.97 Å². The zero-order valence-electron chi connectivity index (χ0n) is 14.0. The molecule has 128 valence electrons. The lowest BCUT2D eigenvalue weighted by atomic mass is 9.79. The van der Waals surface area contributed by atoms with Gasteiger partial charge in [-0.2, -0.15) is 0 Å². The van der Waals surface area contributed by atoms with Crippen LogP contribution in [0.5, 0.6) is 0 Å². The van der Waals surface area contributed by atoms with Gasteiger partial charge in [-0.3, -0.25) is 9.59 Å². The summed E-state index contributed by atoms with van der Waals surface area (Å²) in [5.41, 5.74) is -1.78. The molecule has 7 heteroatoms. The standard InChI is InChI=1S/C16H24N2O5/c1-11(2)12(19)17-7-4-5-15(17)9-18(13(15)20)16(14(21)22-3)6-8-23-10-16/h11H,4-10H2,1-3H3/t15-,16?/m1/s1. The van der Waals surface area contributed by atoms with Gasteiger partial charge in [0.1, 0.15) is 5.54 Å².